The minimum absolute atomic E-state index is 0.191. The van der Waals surface area contributed by atoms with Gasteiger partial charge in [-0.3, -0.25) is 0 Å². The molecule has 0 amide bonds. The van der Waals surface area contributed by atoms with E-state index in [1.807, 2.05) is 18.0 Å². The van der Waals surface area contributed by atoms with Gasteiger partial charge in [0.15, 0.2) is 0 Å². The summed E-state index contributed by atoms with van der Waals surface area (Å²) in [4.78, 5) is 5.44. The van der Waals surface area contributed by atoms with Crippen molar-refractivity contribution in [3.8, 4) is 12.3 Å². The molecular weight excluding hydrogens is 164 g/mol. The molecule has 0 aromatic rings. The van der Waals surface area contributed by atoms with E-state index in [1.165, 1.54) is 0 Å². The lowest BCUT2D eigenvalue weighted by Gasteiger charge is -2.20. The van der Waals surface area contributed by atoms with Crippen molar-refractivity contribution >= 4 is 5.84 Å². The van der Waals surface area contributed by atoms with E-state index in [4.69, 9.17) is 10.5 Å². The van der Waals surface area contributed by atoms with Crippen LogP contribution in [0.4, 0.5) is 0 Å². The van der Waals surface area contributed by atoms with E-state index in [0.29, 0.717) is 11.8 Å². The van der Waals surface area contributed by atoms with Crippen LogP contribution < -0.4 is 0 Å². The maximum absolute atomic E-state index is 8.48. The van der Waals surface area contributed by atoms with E-state index in [-0.39, 0.29) is 6.42 Å². The van der Waals surface area contributed by atoms with E-state index in [2.05, 4.69) is 18.8 Å². The SMILES string of the molecule is CC(C)CN(C)C(CC#N)=NC#N. The number of hydrogen-bond donors (Lipinski definition) is 0. The molecule has 0 unspecified atom stereocenters. The zero-order valence-electron chi connectivity index (χ0n) is 8.28. The molecule has 0 aliphatic carbocycles. The molecule has 70 valence electrons. The summed E-state index contributed by atoms with van der Waals surface area (Å²) in [5.41, 5.74) is 0. The molecule has 0 aliphatic heterocycles. The van der Waals surface area contributed by atoms with Gasteiger partial charge in [0.1, 0.15) is 5.84 Å². The molecule has 4 heteroatoms. The average molecular weight is 178 g/mol. The standard InChI is InChI=1S/C9H14N4/c1-8(2)6-13(3)9(4-5-10)12-7-11/h8H,4,6H2,1-3H3. The minimum atomic E-state index is 0.191. The van der Waals surface area contributed by atoms with E-state index < -0.39 is 0 Å². The number of amidine groups is 1. The summed E-state index contributed by atoms with van der Waals surface area (Å²) in [5, 5.41) is 16.9. The molecule has 0 aromatic carbocycles. The van der Waals surface area contributed by atoms with Gasteiger partial charge in [-0.25, -0.2) is 0 Å². The minimum Gasteiger partial charge on any atom is -0.361 e. The molecule has 0 saturated carbocycles. The molecule has 0 spiro atoms. The summed E-state index contributed by atoms with van der Waals surface area (Å²) in [5.74, 6) is 1.03. The topological polar surface area (TPSA) is 63.2 Å². The smallest absolute Gasteiger partial charge is 0.207 e. The van der Waals surface area contributed by atoms with Crippen LogP contribution in [-0.4, -0.2) is 24.3 Å². The summed E-state index contributed by atoms with van der Waals surface area (Å²) >= 11 is 0. The van der Waals surface area contributed by atoms with Crippen LogP contribution in [0.1, 0.15) is 20.3 Å². The average Bonchev–Trinajstić information content (AvgIpc) is 2.02. The Morgan fingerprint density at radius 2 is 2.08 bits per heavy atom. The van der Waals surface area contributed by atoms with Crippen molar-refractivity contribution in [1.29, 1.82) is 10.5 Å². The van der Waals surface area contributed by atoms with Crippen molar-refractivity contribution < 1.29 is 0 Å². The third-order valence-electron chi connectivity index (χ3n) is 1.50. The number of rotatable bonds is 3. The first-order valence-corrected chi connectivity index (χ1v) is 4.15. The molecule has 0 atom stereocenters. The summed E-state index contributed by atoms with van der Waals surface area (Å²) in [6, 6.07) is 1.98. The maximum Gasteiger partial charge on any atom is 0.207 e. The number of nitriles is 2. The lowest BCUT2D eigenvalue weighted by Crippen LogP contribution is -2.29. The first kappa shape index (κ1) is 11.4. The van der Waals surface area contributed by atoms with Gasteiger partial charge in [0.05, 0.1) is 12.5 Å². The van der Waals surface area contributed by atoms with Gasteiger partial charge in [0, 0.05) is 13.6 Å². The van der Waals surface area contributed by atoms with Crippen LogP contribution in [-0.2, 0) is 0 Å². The zero-order chi connectivity index (χ0) is 10.3. The summed E-state index contributed by atoms with van der Waals surface area (Å²) in [6.07, 6.45) is 1.89. The van der Waals surface area contributed by atoms with Gasteiger partial charge in [-0.1, -0.05) is 13.8 Å². The van der Waals surface area contributed by atoms with Crippen molar-refractivity contribution in [2.45, 2.75) is 20.3 Å². The fourth-order valence-corrected chi connectivity index (χ4v) is 1.04. The molecule has 0 aromatic heterocycles. The molecule has 0 saturated heterocycles. The van der Waals surface area contributed by atoms with Crippen LogP contribution in [0.15, 0.2) is 4.99 Å². The van der Waals surface area contributed by atoms with Gasteiger partial charge in [-0.15, -0.1) is 0 Å². The maximum atomic E-state index is 8.48. The molecule has 0 aliphatic rings. The summed E-state index contributed by atoms with van der Waals surface area (Å²) in [7, 11) is 1.84. The summed E-state index contributed by atoms with van der Waals surface area (Å²) in [6.45, 7) is 4.96. The van der Waals surface area contributed by atoms with Gasteiger partial charge in [0.2, 0.25) is 6.19 Å². The van der Waals surface area contributed by atoms with E-state index in [9.17, 15) is 0 Å². The molecule has 13 heavy (non-hydrogen) atoms. The predicted octanol–water partition coefficient (Wildman–Crippen LogP) is 1.37. The van der Waals surface area contributed by atoms with E-state index in [0.717, 1.165) is 6.54 Å². The lowest BCUT2D eigenvalue weighted by atomic mass is 10.2. The van der Waals surface area contributed by atoms with Crippen molar-refractivity contribution in [2.75, 3.05) is 13.6 Å². The van der Waals surface area contributed by atoms with Gasteiger partial charge in [-0.05, 0) is 5.92 Å². The molecule has 0 radical (unpaired) electrons. The van der Waals surface area contributed by atoms with Crippen molar-refractivity contribution in [1.82, 2.24) is 4.90 Å². The van der Waals surface area contributed by atoms with Crippen LogP contribution in [0.25, 0.3) is 0 Å². The normalized spacial score (nSPS) is 10.8. The molecule has 4 nitrogen and oxygen atoms in total. The molecule has 0 rings (SSSR count). The molecule has 0 N–H and O–H groups in total. The van der Waals surface area contributed by atoms with Crippen LogP contribution in [0.2, 0.25) is 0 Å². The zero-order valence-corrected chi connectivity index (χ0v) is 8.28. The first-order valence-electron chi connectivity index (χ1n) is 4.15. The van der Waals surface area contributed by atoms with Crippen LogP contribution in [0, 0.1) is 28.7 Å². The highest BCUT2D eigenvalue weighted by molar-refractivity contribution is 5.84. The van der Waals surface area contributed by atoms with E-state index in [1.54, 1.807) is 6.19 Å². The Hall–Kier alpha value is -1.55. The Kier molecular flexibility index (Phi) is 5.30. The highest BCUT2D eigenvalue weighted by Gasteiger charge is 2.07. The van der Waals surface area contributed by atoms with Gasteiger partial charge >= 0.3 is 0 Å². The van der Waals surface area contributed by atoms with E-state index >= 15 is 0 Å². The molecule has 0 heterocycles. The monoisotopic (exact) mass is 178 g/mol. The Balaban J connectivity index is 4.32. The second-order valence-electron chi connectivity index (χ2n) is 3.24. The van der Waals surface area contributed by atoms with Crippen LogP contribution >= 0.6 is 0 Å². The predicted molar refractivity (Wildman–Crippen MR) is 50.7 cm³/mol. The van der Waals surface area contributed by atoms with Crippen molar-refractivity contribution in [2.24, 2.45) is 10.9 Å². The molecular formula is C9H14N4. The third-order valence-corrected chi connectivity index (χ3v) is 1.50. The second-order valence-corrected chi connectivity index (χ2v) is 3.24. The Morgan fingerprint density at radius 1 is 1.46 bits per heavy atom. The molecule has 0 fully saturated rings. The third kappa shape index (κ3) is 4.81. The number of aliphatic imine (C=N–C) groups is 1. The molecule has 0 bridgehead atoms. The quantitative estimate of drug-likeness (QED) is 0.372. The summed E-state index contributed by atoms with van der Waals surface area (Å²) < 4.78 is 0. The van der Waals surface area contributed by atoms with Crippen molar-refractivity contribution in [3.63, 3.8) is 0 Å². The first-order chi connectivity index (χ1) is 6.11. The van der Waals surface area contributed by atoms with Crippen LogP contribution in [0.3, 0.4) is 0 Å². The Labute approximate surface area is 79.1 Å². The largest absolute Gasteiger partial charge is 0.361 e. The number of hydrogen-bond acceptors (Lipinski definition) is 3. The highest BCUT2D eigenvalue weighted by Crippen LogP contribution is 1.99. The van der Waals surface area contributed by atoms with Crippen LogP contribution in [0.5, 0.6) is 0 Å². The Morgan fingerprint density at radius 3 is 2.46 bits per heavy atom. The highest BCUT2D eigenvalue weighted by atomic mass is 15.2. The fraction of sp³-hybridized carbons (Fsp3) is 0.667. The number of nitrogens with zero attached hydrogens (tertiary/aromatic N) is 4. The lowest BCUT2D eigenvalue weighted by molar-refractivity contribution is 0.421. The fourth-order valence-electron chi connectivity index (χ4n) is 1.04. The van der Waals surface area contributed by atoms with Gasteiger partial charge in [-0.2, -0.15) is 15.5 Å². The van der Waals surface area contributed by atoms with Gasteiger partial charge < -0.3 is 4.90 Å². The second kappa shape index (κ2) is 6.02. The Bertz CT molecular complexity index is 254. The van der Waals surface area contributed by atoms with Crippen molar-refractivity contribution in [3.05, 3.63) is 0 Å². The van der Waals surface area contributed by atoms with Gasteiger partial charge in [0.25, 0.3) is 0 Å².